The van der Waals surface area contributed by atoms with Crippen molar-refractivity contribution in [2.75, 3.05) is 30.0 Å². The monoisotopic (exact) mass is 503 g/mol. The van der Waals surface area contributed by atoms with Crippen molar-refractivity contribution < 1.29 is 23.5 Å². The molecule has 37 heavy (non-hydrogen) atoms. The number of carbonyl (C=O) groups excluding carboxylic acids is 3. The number of piperidine rings is 1. The minimum absolute atomic E-state index is 0.0847. The summed E-state index contributed by atoms with van der Waals surface area (Å²) < 4.78 is 22.0. The lowest BCUT2D eigenvalue weighted by Gasteiger charge is -2.34. The highest BCUT2D eigenvalue weighted by Gasteiger charge is 2.56. The van der Waals surface area contributed by atoms with Crippen molar-refractivity contribution in [3.05, 3.63) is 65.2 Å². The third kappa shape index (κ3) is 3.66. The number of methoxy groups -OCH3 is 1. The normalized spacial score (nSPS) is 18.2. The molecule has 2 aromatic carbocycles. The van der Waals surface area contributed by atoms with E-state index in [1.54, 1.807) is 43.5 Å². The second-order valence-corrected chi connectivity index (χ2v) is 9.86. The Balaban J connectivity index is 1.43. The van der Waals surface area contributed by atoms with Gasteiger partial charge in [-0.25, -0.2) is 9.07 Å². The van der Waals surface area contributed by atoms with Crippen LogP contribution in [0.5, 0.6) is 5.75 Å². The van der Waals surface area contributed by atoms with Crippen molar-refractivity contribution in [3.63, 3.8) is 0 Å². The van der Waals surface area contributed by atoms with Gasteiger partial charge in [0.25, 0.3) is 11.8 Å². The molecule has 2 fully saturated rings. The zero-order chi connectivity index (χ0) is 25.9. The minimum atomic E-state index is -0.697. The number of hydrogen-bond donors (Lipinski definition) is 1. The topological polar surface area (TPSA) is 111 Å². The highest BCUT2D eigenvalue weighted by atomic mass is 19.1. The van der Waals surface area contributed by atoms with Crippen LogP contribution < -0.4 is 20.3 Å². The Kier molecular flexibility index (Phi) is 5.29. The van der Waals surface area contributed by atoms with E-state index in [9.17, 15) is 14.4 Å². The van der Waals surface area contributed by atoms with Gasteiger partial charge in [0.1, 0.15) is 17.3 Å². The van der Waals surface area contributed by atoms with Gasteiger partial charge in [-0.2, -0.15) is 5.10 Å². The van der Waals surface area contributed by atoms with Crippen LogP contribution in [0.15, 0.2) is 42.5 Å². The first-order valence-electron chi connectivity index (χ1n) is 12.3. The number of carbonyl (C=O) groups is 3. The predicted molar refractivity (Wildman–Crippen MR) is 134 cm³/mol. The van der Waals surface area contributed by atoms with Crippen LogP contribution in [0.2, 0.25) is 0 Å². The van der Waals surface area contributed by atoms with Crippen LogP contribution in [-0.4, -0.2) is 47.7 Å². The van der Waals surface area contributed by atoms with Gasteiger partial charge in [0.05, 0.1) is 18.5 Å². The zero-order valence-electron chi connectivity index (χ0n) is 20.4. The van der Waals surface area contributed by atoms with E-state index in [0.717, 1.165) is 25.7 Å². The lowest BCUT2D eigenvalue weighted by atomic mass is 9.88. The molecule has 3 heterocycles. The molecule has 1 aromatic heterocycles. The van der Waals surface area contributed by atoms with Gasteiger partial charge in [-0.1, -0.05) is 0 Å². The summed E-state index contributed by atoms with van der Waals surface area (Å²) in [7, 11) is 1.56. The highest BCUT2D eigenvalue weighted by molar-refractivity contribution is 6.11. The number of rotatable bonds is 5. The standard InChI is InChI=1S/C27H26FN5O4/c1-37-18-8-5-16(6-9-18)33-24-22(23(30-33)25(29)35)27(11-12-27)15-32(26(24)36)17-7-10-20(19(28)14-17)31-13-3-2-4-21(31)34/h5-10,14H,2-4,11-13,15H2,1H3,(H2,29,35). The van der Waals surface area contributed by atoms with Crippen molar-refractivity contribution >= 4 is 29.1 Å². The van der Waals surface area contributed by atoms with E-state index in [1.807, 2.05) is 0 Å². The average Bonchev–Trinajstić information content (AvgIpc) is 3.54. The fourth-order valence-electron chi connectivity index (χ4n) is 5.49. The van der Waals surface area contributed by atoms with Crippen LogP contribution in [0.25, 0.3) is 5.69 Å². The Labute approximate surface area is 212 Å². The van der Waals surface area contributed by atoms with Gasteiger partial charge in [-0.3, -0.25) is 14.4 Å². The summed E-state index contributed by atoms with van der Waals surface area (Å²) in [6.45, 7) is 0.760. The van der Waals surface area contributed by atoms with Crippen molar-refractivity contribution in [1.29, 1.82) is 0 Å². The van der Waals surface area contributed by atoms with Gasteiger partial charge in [0, 0.05) is 36.2 Å². The average molecular weight is 504 g/mol. The van der Waals surface area contributed by atoms with Crippen LogP contribution in [-0.2, 0) is 10.2 Å². The molecule has 0 bridgehead atoms. The van der Waals surface area contributed by atoms with E-state index in [0.29, 0.717) is 35.7 Å². The molecule has 1 spiro atoms. The van der Waals surface area contributed by atoms with E-state index in [1.165, 1.54) is 20.5 Å². The lowest BCUT2D eigenvalue weighted by molar-refractivity contribution is -0.119. The number of aromatic nitrogens is 2. The number of halogens is 1. The van der Waals surface area contributed by atoms with Gasteiger partial charge in [0.2, 0.25) is 5.91 Å². The van der Waals surface area contributed by atoms with Gasteiger partial charge >= 0.3 is 0 Å². The zero-order valence-corrected chi connectivity index (χ0v) is 20.4. The van der Waals surface area contributed by atoms with E-state index >= 15 is 4.39 Å². The summed E-state index contributed by atoms with van der Waals surface area (Å²) in [6.07, 6.45) is 3.52. The van der Waals surface area contributed by atoms with Crippen molar-refractivity contribution in [2.45, 2.75) is 37.5 Å². The largest absolute Gasteiger partial charge is 0.497 e. The number of primary amides is 1. The number of amides is 3. The van der Waals surface area contributed by atoms with Crippen molar-refractivity contribution in [1.82, 2.24) is 9.78 Å². The molecule has 3 aliphatic rings. The maximum Gasteiger partial charge on any atom is 0.277 e. The first-order valence-corrected chi connectivity index (χ1v) is 12.3. The fourth-order valence-corrected chi connectivity index (χ4v) is 5.49. The van der Waals surface area contributed by atoms with Crippen molar-refractivity contribution in [2.24, 2.45) is 5.73 Å². The minimum Gasteiger partial charge on any atom is -0.497 e. The highest BCUT2D eigenvalue weighted by Crippen LogP contribution is 2.54. The quantitative estimate of drug-likeness (QED) is 0.574. The predicted octanol–water partition coefficient (Wildman–Crippen LogP) is 3.33. The Bertz CT molecular complexity index is 1440. The van der Waals surface area contributed by atoms with Crippen LogP contribution in [0.3, 0.4) is 0 Å². The molecule has 2 N–H and O–H groups in total. The molecular formula is C27H26FN5O4. The second-order valence-electron chi connectivity index (χ2n) is 9.86. The molecule has 6 rings (SSSR count). The number of hydrogen-bond acceptors (Lipinski definition) is 5. The van der Waals surface area contributed by atoms with Gasteiger partial charge in [-0.15, -0.1) is 0 Å². The maximum absolute atomic E-state index is 15.3. The second kappa shape index (κ2) is 8.43. The first kappa shape index (κ1) is 23.2. The summed E-state index contributed by atoms with van der Waals surface area (Å²) in [5, 5.41) is 4.47. The van der Waals surface area contributed by atoms with E-state index < -0.39 is 23.0 Å². The fraction of sp³-hybridized carbons (Fsp3) is 0.333. The van der Waals surface area contributed by atoms with Gasteiger partial charge in [-0.05, 0) is 68.1 Å². The van der Waals surface area contributed by atoms with Crippen molar-refractivity contribution in [3.8, 4) is 11.4 Å². The maximum atomic E-state index is 15.3. The molecule has 190 valence electrons. The Hall–Kier alpha value is -4.21. The summed E-state index contributed by atoms with van der Waals surface area (Å²) in [5.74, 6) is -1.12. The lowest BCUT2D eigenvalue weighted by Crippen LogP contribution is -2.45. The Morgan fingerprint density at radius 2 is 1.78 bits per heavy atom. The van der Waals surface area contributed by atoms with Crippen LogP contribution in [0.1, 0.15) is 58.6 Å². The molecule has 2 aliphatic heterocycles. The Morgan fingerprint density at radius 1 is 1.05 bits per heavy atom. The van der Waals surface area contributed by atoms with Gasteiger partial charge < -0.3 is 20.3 Å². The smallest absolute Gasteiger partial charge is 0.277 e. The molecule has 1 aliphatic carbocycles. The SMILES string of the molecule is COc1ccc(-n2nc(C(N)=O)c3c2C(=O)N(c2ccc(N4CCCCC4=O)c(F)c2)CC32CC2)cc1. The first-order chi connectivity index (χ1) is 17.8. The number of ether oxygens (including phenoxy) is 1. The number of nitrogens with two attached hydrogens (primary N) is 1. The molecule has 1 saturated carbocycles. The van der Waals surface area contributed by atoms with Crippen LogP contribution in [0, 0.1) is 5.82 Å². The molecule has 10 heteroatoms. The molecule has 3 aromatic rings. The van der Waals surface area contributed by atoms with Crippen LogP contribution in [0.4, 0.5) is 15.8 Å². The molecule has 0 atom stereocenters. The third-order valence-electron chi connectivity index (χ3n) is 7.59. The third-order valence-corrected chi connectivity index (χ3v) is 7.59. The Morgan fingerprint density at radius 3 is 2.41 bits per heavy atom. The summed E-state index contributed by atoms with van der Waals surface area (Å²) in [5.41, 5.74) is 7.29. The van der Waals surface area contributed by atoms with Gasteiger partial charge in [0.15, 0.2) is 5.69 Å². The molecule has 0 unspecified atom stereocenters. The molecule has 1 saturated heterocycles. The molecule has 3 amide bonds. The summed E-state index contributed by atoms with van der Waals surface area (Å²) in [4.78, 5) is 41.6. The molecule has 9 nitrogen and oxygen atoms in total. The van der Waals surface area contributed by atoms with E-state index in [-0.39, 0.29) is 29.5 Å². The van der Waals surface area contributed by atoms with E-state index in [4.69, 9.17) is 10.5 Å². The summed E-state index contributed by atoms with van der Waals surface area (Å²) in [6, 6.07) is 11.5. The number of nitrogens with zero attached hydrogens (tertiary/aromatic N) is 4. The summed E-state index contributed by atoms with van der Waals surface area (Å²) >= 11 is 0. The number of anilines is 2. The molecular weight excluding hydrogens is 477 g/mol. The number of benzene rings is 2. The van der Waals surface area contributed by atoms with E-state index in [2.05, 4.69) is 5.10 Å². The van der Waals surface area contributed by atoms with Crippen LogP contribution >= 0.6 is 0 Å². The number of fused-ring (bicyclic) bond motifs is 2. The molecule has 0 radical (unpaired) electrons.